The molecule has 0 N–H and O–H groups in total. The first-order chi connectivity index (χ1) is 6.68. The average Bonchev–Trinajstić information content (AvgIpc) is 2.76. The van der Waals surface area contributed by atoms with E-state index in [-0.39, 0.29) is 17.6 Å². The lowest BCUT2D eigenvalue weighted by molar-refractivity contribution is -0.188. The van der Waals surface area contributed by atoms with Crippen molar-refractivity contribution in [3.8, 4) is 0 Å². The zero-order valence-electron chi connectivity index (χ0n) is 8.78. The van der Waals surface area contributed by atoms with Crippen molar-refractivity contribution in [1.82, 2.24) is 5.06 Å². The highest BCUT2D eigenvalue weighted by molar-refractivity contribution is 5.75. The standard InChI is InChI=1S/C10H17NO3/c1-11-10(5-3-4-6-10)7-8(14-11)9(12)13-2/h8H,3-7H2,1-2H3. The number of nitrogens with zero attached hydrogens (tertiary/aromatic N) is 1. The molecule has 14 heavy (non-hydrogen) atoms. The summed E-state index contributed by atoms with van der Waals surface area (Å²) in [4.78, 5) is 16.8. The predicted molar refractivity (Wildman–Crippen MR) is 50.5 cm³/mol. The van der Waals surface area contributed by atoms with Crippen molar-refractivity contribution in [2.24, 2.45) is 0 Å². The summed E-state index contributed by atoms with van der Waals surface area (Å²) in [6, 6.07) is 0. The van der Waals surface area contributed by atoms with Gasteiger partial charge in [-0.3, -0.25) is 4.84 Å². The number of hydrogen-bond donors (Lipinski definition) is 0. The Morgan fingerprint density at radius 3 is 2.71 bits per heavy atom. The van der Waals surface area contributed by atoms with Crippen molar-refractivity contribution in [1.29, 1.82) is 0 Å². The highest BCUT2D eigenvalue weighted by atomic mass is 16.7. The highest BCUT2D eigenvalue weighted by Gasteiger charge is 2.49. The Morgan fingerprint density at radius 1 is 1.50 bits per heavy atom. The second-order valence-corrected chi connectivity index (χ2v) is 4.25. The van der Waals surface area contributed by atoms with E-state index in [0.717, 1.165) is 19.3 Å². The van der Waals surface area contributed by atoms with Gasteiger partial charge in [0.2, 0.25) is 0 Å². The van der Waals surface area contributed by atoms with Crippen molar-refractivity contribution in [2.45, 2.75) is 43.7 Å². The zero-order chi connectivity index (χ0) is 10.2. The fourth-order valence-corrected chi connectivity index (χ4v) is 2.62. The van der Waals surface area contributed by atoms with Gasteiger partial charge in [-0.1, -0.05) is 12.8 Å². The lowest BCUT2D eigenvalue weighted by Crippen LogP contribution is -2.37. The van der Waals surface area contributed by atoms with Crippen molar-refractivity contribution >= 4 is 5.97 Å². The summed E-state index contributed by atoms with van der Waals surface area (Å²) in [6.45, 7) is 0. The number of methoxy groups -OCH3 is 1. The fourth-order valence-electron chi connectivity index (χ4n) is 2.62. The fraction of sp³-hybridized carbons (Fsp3) is 0.900. The molecule has 4 nitrogen and oxygen atoms in total. The van der Waals surface area contributed by atoms with Crippen LogP contribution in [0.2, 0.25) is 0 Å². The molecule has 1 heterocycles. The van der Waals surface area contributed by atoms with Gasteiger partial charge in [-0.25, -0.2) is 4.79 Å². The van der Waals surface area contributed by atoms with Crippen molar-refractivity contribution in [2.75, 3.05) is 14.2 Å². The van der Waals surface area contributed by atoms with Crippen LogP contribution in [0.1, 0.15) is 32.1 Å². The summed E-state index contributed by atoms with van der Waals surface area (Å²) in [5.74, 6) is -0.249. The van der Waals surface area contributed by atoms with E-state index in [1.54, 1.807) is 0 Å². The largest absolute Gasteiger partial charge is 0.467 e. The predicted octanol–water partition coefficient (Wildman–Crippen LogP) is 1.11. The molecule has 0 radical (unpaired) electrons. The lowest BCUT2D eigenvalue weighted by atomic mass is 9.91. The Labute approximate surface area is 84.1 Å². The van der Waals surface area contributed by atoms with Gasteiger partial charge in [0, 0.05) is 19.0 Å². The number of ether oxygens (including phenoxy) is 1. The van der Waals surface area contributed by atoms with E-state index < -0.39 is 0 Å². The van der Waals surface area contributed by atoms with Crippen LogP contribution in [0.15, 0.2) is 0 Å². The van der Waals surface area contributed by atoms with Crippen molar-refractivity contribution in [3.63, 3.8) is 0 Å². The summed E-state index contributed by atoms with van der Waals surface area (Å²) in [7, 11) is 3.33. The van der Waals surface area contributed by atoms with Gasteiger partial charge in [-0.05, 0) is 12.8 Å². The molecule has 1 aliphatic carbocycles. The molecular formula is C10H17NO3. The molecule has 0 aromatic carbocycles. The minimum Gasteiger partial charge on any atom is -0.467 e. The van der Waals surface area contributed by atoms with E-state index in [4.69, 9.17) is 9.57 Å². The number of esters is 1. The van der Waals surface area contributed by atoms with Crippen LogP contribution in [0, 0.1) is 0 Å². The van der Waals surface area contributed by atoms with Crippen LogP contribution in [0.25, 0.3) is 0 Å². The van der Waals surface area contributed by atoms with Crippen LogP contribution in [0.3, 0.4) is 0 Å². The number of carbonyl (C=O) groups excluding carboxylic acids is 1. The van der Waals surface area contributed by atoms with Gasteiger partial charge in [0.1, 0.15) is 0 Å². The monoisotopic (exact) mass is 199 g/mol. The molecule has 80 valence electrons. The molecule has 1 aliphatic heterocycles. The molecule has 4 heteroatoms. The molecule has 0 amide bonds. The molecule has 0 bridgehead atoms. The quantitative estimate of drug-likeness (QED) is 0.593. The summed E-state index contributed by atoms with van der Waals surface area (Å²) in [5, 5.41) is 1.88. The molecule has 1 saturated carbocycles. The van der Waals surface area contributed by atoms with Crippen LogP contribution < -0.4 is 0 Å². The maximum atomic E-state index is 11.3. The van der Waals surface area contributed by atoms with Gasteiger partial charge in [-0.2, -0.15) is 5.06 Å². The number of carbonyl (C=O) groups is 1. The normalized spacial score (nSPS) is 31.1. The molecule has 0 aromatic rings. The van der Waals surface area contributed by atoms with Gasteiger partial charge < -0.3 is 4.74 Å². The van der Waals surface area contributed by atoms with E-state index in [9.17, 15) is 4.79 Å². The maximum Gasteiger partial charge on any atom is 0.337 e. The molecular weight excluding hydrogens is 182 g/mol. The maximum absolute atomic E-state index is 11.3. The Hall–Kier alpha value is -0.610. The molecule has 2 fully saturated rings. The molecule has 0 aromatic heterocycles. The first kappa shape index (κ1) is 9.93. The van der Waals surface area contributed by atoms with Crippen LogP contribution in [-0.2, 0) is 14.4 Å². The SMILES string of the molecule is COC(=O)C1CC2(CCCC2)N(C)O1. The van der Waals surface area contributed by atoms with Gasteiger partial charge in [0.15, 0.2) is 6.10 Å². The smallest absolute Gasteiger partial charge is 0.337 e. The van der Waals surface area contributed by atoms with E-state index >= 15 is 0 Å². The highest BCUT2D eigenvalue weighted by Crippen LogP contribution is 2.43. The molecule has 1 atom stereocenters. The summed E-state index contributed by atoms with van der Waals surface area (Å²) >= 11 is 0. The Kier molecular flexibility index (Phi) is 2.49. The van der Waals surface area contributed by atoms with E-state index in [0.29, 0.717) is 0 Å². The minimum absolute atomic E-state index is 0.110. The van der Waals surface area contributed by atoms with Crippen LogP contribution in [-0.4, -0.2) is 36.8 Å². The number of hydroxylamine groups is 2. The Bertz CT molecular complexity index is 236. The first-order valence-corrected chi connectivity index (χ1v) is 5.16. The third-order valence-corrected chi connectivity index (χ3v) is 3.52. The van der Waals surface area contributed by atoms with E-state index in [1.165, 1.54) is 20.0 Å². The average molecular weight is 199 g/mol. The van der Waals surface area contributed by atoms with Crippen LogP contribution in [0.5, 0.6) is 0 Å². The third-order valence-electron chi connectivity index (χ3n) is 3.52. The van der Waals surface area contributed by atoms with Gasteiger partial charge >= 0.3 is 5.97 Å². The first-order valence-electron chi connectivity index (χ1n) is 5.16. The van der Waals surface area contributed by atoms with Crippen molar-refractivity contribution in [3.05, 3.63) is 0 Å². The molecule has 1 spiro atoms. The molecule has 1 unspecified atom stereocenters. The Balaban J connectivity index is 2.06. The summed E-state index contributed by atoms with van der Waals surface area (Å²) in [6.07, 6.45) is 5.15. The van der Waals surface area contributed by atoms with Gasteiger partial charge in [-0.15, -0.1) is 0 Å². The van der Waals surface area contributed by atoms with E-state index in [1.807, 2.05) is 12.1 Å². The number of hydrogen-bond acceptors (Lipinski definition) is 4. The minimum atomic E-state index is -0.386. The van der Waals surface area contributed by atoms with Crippen LogP contribution >= 0.6 is 0 Å². The second kappa shape index (κ2) is 3.51. The molecule has 2 aliphatic rings. The summed E-state index contributed by atoms with van der Waals surface area (Å²) in [5.41, 5.74) is 0.110. The third kappa shape index (κ3) is 1.42. The topological polar surface area (TPSA) is 38.8 Å². The van der Waals surface area contributed by atoms with E-state index in [2.05, 4.69) is 0 Å². The second-order valence-electron chi connectivity index (χ2n) is 4.25. The molecule has 1 saturated heterocycles. The molecule has 2 rings (SSSR count). The van der Waals surface area contributed by atoms with Gasteiger partial charge in [0.25, 0.3) is 0 Å². The summed E-state index contributed by atoms with van der Waals surface area (Å²) < 4.78 is 4.69. The van der Waals surface area contributed by atoms with Crippen molar-refractivity contribution < 1.29 is 14.4 Å². The Morgan fingerprint density at radius 2 is 2.14 bits per heavy atom. The number of rotatable bonds is 1. The van der Waals surface area contributed by atoms with Crippen LogP contribution in [0.4, 0.5) is 0 Å². The lowest BCUT2D eigenvalue weighted by Gasteiger charge is -2.28. The zero-order valence-corrected chi connectivity index (χ0v) is 8.78. The van der Waals surface area contributed by atoms with Gasteiger partial charge in [0.05, 0.1) is 7.11 Å².